The summed E-state index contributed by atoms with van der Waals surface area (Å²) in [4.78, 5) is 50.4. The van der Waals surface area contributed by atoms with E-state index in [1.807, 2.05) is 0 Å². The second kappa shape index (κ2) is 8.39. The Labute approximate surface area is 194 Å². The van der Waals surface area contributed by atoms with E-state index in [1.165, 1.54) is 18.2 Å². The second-order valence-electron chi connectivity index (χ2n) is 7.34. The molecule has 1 unspecified atom stereocenters. The minimum Gasteiger partial charge on any atom is -0.480 e. The Morgan fingerprint density at radius 3 is 2.46 bits per heavy atom. The first-order valence-corrected chi connectivity index (χ1v) is 11.0. The number of H-pyrrole nitrogens is 1. The zero-order valence-corrected chi connectivity index (χ0v) is 18.1. The number of hydrogen-bond donors (Lipinski definition) is 6. The quantitative estimate of drug-likeness (QED) is 0.153. The van der Waals surface area contributed by atoms with Crippen molar-refractivity contribution in [2.75, 3.05) is 5.32 Å². The van der Waals surface area contributed by atoms with Crippen LogP contribution in [-0.2, 0) is 15.2 Å². The molecule has 0 spiro atoms. The van der Waals surface area contributed by atoms with Crippen LogP contribution in [0.15, 0.2) is 35.1 Å². The minimum atomic E-state index is -5.09. The highest BCUT2D eigenvalue weighted by molar-refractivity contribution is 7.81. The summed E-state index contributed by atoms with van der Waals surface area (Å²) in [6.45, 7) is 0. The lowest BCUT2D eigenvalue weighted by molar-refractivity contribution is -0.138. The Bertz CT molecular complexity index is 1590. The number of aromatic carboxylic acids is 1. The summed E-state index contributed by atoms with van der Waals surface area (Å²) in [5.74, 6) is -4.28. The molecule has 0 radical (unpaired) electrons. The van der Waals surface area contributed by atoms with Gasteiger partial charge in [-0.25, -0.2) is 4.79 Å². The molecule has 182 valence electrons. The molecule has 2 aromatic carbocycles. The van der Waals surface area contributed by atoms with Crippen molar-refractivity contribution >= 4 is 50.4 Å². The number of para-hydroxylation sites is 1. The lowest BCUT2D eigenvalue weighted by Crippen LogP contribution is -2.32. The van der Waals surface area contributed by atoms with E-state index in [0.29, 0.717) is 0 Å². The smallest absolute Gasteiger partial charge is 0.446 e. The zero-order chi connectivity index (χ0) is 25.7. The van der Waals surface area contributed by atoms with Gasteiger partial charge in [-0.05, 0) is 12.1 Å². The summed E-state index contributed by atoms with van der Waals surface area (Å²) in [6, 6.07) is 4.51. The maximum absolute atomic E-state index is 12.8. The molecule has 0 amide bonds. The SMILES string of the molecule is NC(CC(=O)c1cccc2c1Nc1c(cc(OS(=O)(=O)O)c3[nH]c(C(=O)O)cc(=O)c13)O2)C(=O)O. The highest BCUT2D eigenvalue weighted by Gasteiger charge is 2.29. The topological polar surface area (TPSA) is 235 Å². The van der Waals surface area contributed by atoms with E-state index in [-0.39, 0.29) is 33.8 Å². The first-order chi connectivity index (χ1) is 16.4. The van der Waals surface area contributed by atoms with Crippen LogP contribution in [0, 0.1) is 0 Å². The summed E-state index contributed by atoms with van der Waals surface area (Å²) in [7, 11) is -5.09. The highest BCUT2D eigenvalue weighted by atomic mass is 32.3. The molecule has 15 heteroatoms. The summed E-state index contributed by atoms with van der Waals surface area (Å²) in [5.41, 5.74) is 3.56. The molecule has 0 aliphatic carbocycles. The standard InChI is InChI=1S/C20H15N3O11S/c21-8(19(26)27)4-10(24)7-2-1-3-12-16(7)23-17-13(33-12)6-14(34-35(30,31)32)18-15(17)11(25)5-9(22-18)20(28)29/h1-3,5-6,8,23H,4,21H2,(H,22,25)(H,26,27)(H,28,29)(H,30,31,32). The number of benzene rings is 2. The Hall–Kier alpha value is -4.47. The molecule has 0 bridgehead atoms. The number of nitrogens with one attached hydrogen (secondary N) is 2. The van der Waals surface area contributed by atoms with Gasteiger partial charge in [0.25, 0.3) is 0 Å². The molecule has 7 N–H and O–H groups in total. The van der Waals surface area contributed by atoms with Crippen molar-refractivity contribution in [3.63, 3.8) is 0 Å². The molecule has 3 aromatic rings. The van der Waals surface area contributed by atoms with Crippen LogP contribution in [0.2, 0.25) is 0 Å². The lowest BCUT2D eigenvalue weighted by atomic mass is 10.00. The molecule has 1 aliphatic heterocycles. The van der Waals surface area contributed by atoms with E-state index < -0.39 is 63.0 Å². The summed E-state index contributed by atoms with van der Waals surface area (Å²) < 4.78 is 42.1. The Balaban J connectivity index is 1.92. The number of aromatic amines is 1. The number of aliphatic carboxylic acids is 1. The van der Waals surface area contributed by atoms with Gasteiger partial charge >= 0.3 is 22.3 Å². The van der Waals surface area contributed by atoms with Crippen LogP contribution in [0.25, 0.3) is 10.9 Å². The fourth-order valence-corrected chi connectivity index (χ4v) is 3.85. The number of ketones is 1. The molecular weight excluding hydrogens is 490 g/mol. The van der Waals surface area contributed by atoms with Crippen molar-refractivity contribution < 1.29 is 46.5 Å². The maximum atomic E-state index is 12.8. The summed E-state index contributed by atoms with van der Waals surface area (Å²) >= 11 is 0. The van der Waals surface area contributed by atoms with E-state index in [9.17, 15) is 32.7 Å². The van der Waals surface area contributed by atoms with Crippen LogP contribution in [0.3, 0.4) is 0 Å². The number of hydrogen-bond acceptors (Lipinski definition) is 10. The van der Waals surface area contributed by atoms with Crippen LogP contribution < -0.4 is 25.4 Å². The average Bonchev–Trinajstić information content (AvgIpc) is 2.76. The van der Waals surface area contributed by atoms with E-state index in [1.54, 1.807) is 0 Å². The average molecular weight is 505 g/mol. The number of anilines is 2. The van der Waals surface area contributed by atoms with Gasteiger partial charge in [0, 0.05) is 24.1 Å². The van der Waals surface area contributed by atoms with E-state index >= 15 is 0 Å². The number of ether oxygens (including phenoxy) is 1. The Morgan fingerprint density at radius 1 is 1.11 bits per heavy atom. The molecule has 0 saturated heterocycles. The highest BCUT2D eigenvalue weighted by Crippen LogP contribution is 2.48. The maximum Gasteiger partial charge on any atom is 0.446 e. The zero-order valence-electron chi connectivity index (χ0n) is 17.3. The number of carbonyl (C=O) groups is 3. The first-order valence-electron chi connectivity index (χ1n) is 9.59. The van der Waals surface area contributed by atoms with Crippen LogP contribution in [0.1, 0.15) is 27.3 Å². The van der Waals surface area contributed by atoms with Gasteiger partial charge in [0.05, 0.1) is 22.3 Å². The van der Waals surface area contributed by atoms with Crippen LogP contribution >= 0.6 is 0 Å². The van der Waals surface area contributed by atoms with Gasteiger partial charge in [-0.2, -0.15) is 8.42 Å². The van der Waals surface area contributed by atoms with Crippen molar-refractivity contribution in [1.29, 1.82) is 0 Å². The Kier molecular flexibility index (Phi) is 5.68. The third-order valence-electron chi connectivity index (χ3n) is 4.98. The number of rotatable bonds is 7. The van der Waals surface area contributed by atoms with Crippen LogP contribution in [-0.4, -0.2) is 51.9 Å². The molecule has 0 fully saturated rings. The van der Waals surface area contributed by atoms with Crippen LogP contribution in [0.5, 0.6) is 17.2 Å². The van der Waals surface area contributed by atoms with Gasteiger partial charge in [-0.3, -0.25) is 18.9 Å². The number of carbonyl (C=O) groups excluding carboxylic acids is 1. The van der Waals surface area contributed by atoms with Gasteiger partial charge < -0.3 is 35.2 Å². The number of pyridine rings is 1. The van der Waals surface area contributed by atoms with Crippen LogP contribution in [0.4, 0.5) is 11.4 Å². The number of carboxylic acid groups (broad SMARTS) is 2. The number of Topliss-reactive ketones (excluding diaryl/α,β-unsaturated/α-hetero) is 1. The summed E-state index contributed by atoms with van der Waals surface area (Å²) in [6.07, 6.45) is -0.537. The van der Waals surface area contributed by atoms with Crippen molar-refractivity contribution in [2.24, 2.45) is 5.73 Å². The molecule has 1 aliphatic rings. The van der Waals surface area contributed by atoms with Gasteiger partial charge in [0.15, 0.2) is 28.5 Å². The van der Waals surface area contributed by atoms with Crippen molar-refractivity contribution in [2.45, 2.75) is 12.5 Å². The molecule has 14 nitrogen and oxygen atoms in total. The molecule has 1 aromatic heterocycles. The molecule has 0 saturated carbocycles. The molecular formula is C20H15N3O11S. The third-order valence-corrected chi connectivity index (χ3v) is 5.37. The van der Waals surface area contributed by atoms with Crippen molar-refractivity contribution in [3.05, 3.63) is 51.8 Å². The molecule has 4 rings (SSSR count). The number of carboxylic acids is 2. The largest absolute Gasteiger partial charge is 0.480 e. The normalized spacial score (nSPS) is 13.1. The number of fused-ring (bicyclic) bond motifs is 4. The second-order valence-corrected chi connectivity index (χ2v) is 8.36. The number of aromatic nitrogens is 1. The van der Waals surface area contributed by atoms with Crippen molar-refractivity contribution in [1.82, 2.24) is 4.98 Å². The minimum absolute atomic E-state index is 0.00477. The molecule has 35 heavy (non-hydrogen) atoms. The van der Waals surface area contributed by atoms with Gasteiger partial charge in [-0.15, -0.1) is 0 Å². The van der Waals surface area contributed by atoms with Gasteiger partial charge in [0.1, 0.15) is 11.7 Å². The molecule has 1 atom stereocenters. The lowest BCUT2D eigenvalue weighted by Gasteiger charge is -2.25. The van der Waals surface area contributed by atoms with E-state index in [4.69, 9.17) is 20.1 Å². The van der Waals surface area contributed by atoms with E-state index in [2.05, 4.69) is 14.5 Å². The fourth-order valence-electron chi connectivity index (χ4n) is 3.50. The third kappa shape index (κ3) is 4.50. The Morgan fingerprint density at radius 2 is 1.83 bits per heavy atom. The number of nitrogens with two attached hydrogens (primary N) is 1. The monoisotopic (exact) mass is 505 g/mol. The fraction of sp³-hybridized carbons (Fsp3) is 0.100. The first kappa shape index (κ1) is 23.7. The van der Waals surface area contributed by atoms with E-state index in [0.717, 1.165) is 12.1 Å². The van der Waals surface area contributed by atoms with Crippen molar-refractivity contribution in [3.8, 4) is 17.2 Å². The predicted molar refractivity (Wildman–Crippen MR) is 118 cm³/mol. The summed E-state index contributed by atoms with van der Waals surface area (Å²) in [5, 5.41) is 20.8. The predicted octanol–water partition coefficient (Wildman–Crippen LogP) is 1.24. The molecule has 2 heterocycles. The van der Waals surface area contributed by atoms with Gasteiger partial charge in [-0.1, -0.05) is 6.07 Å². The van der Waals surface area contributed by atoms with Gasteiger partial charge in [0.2, 0.25) is 0 Å².